The standard InChI is InChI=1S/C14H16N4O/c15-9-1-3-11-12(5-6-16-13(11)7-9)17-8-10-2-4-14(19)18-10/h1,3,5-7,10H,2,4,8,15H2,(H,16,17)(H,18,19). The number of pyridine rings is 1. The van der Waals surface area contributed by atoms with E-state index < -0.39 is 0 Å². The van der Waals surface area contributed by atoms with Gasteiger partial charge in [-0.05, 0) is 30.7 Å². The Morgan fingerprint density at radius 2 is 2.32 bits per heavy atom. The normalized spacial score (nSPS) is 18.5. The van der Waals surface area contributed by atoms with Crippen LogP contribution in [0, 0.1) is 0 Å². The molecule has 1 unspecified atom stereocenters. The number of carbonyl (C=O) groups excluding carboxylic acids is 1. The molecule has 0 aliphatic carbocycles. The Labute approximate surface area is 111 Å². The second-order valence-electron chi connectivity index (χ2n) is 4.82. The lowest BCUT2D eigenvalue weighted by Crippen LogP contribution is -2.31. The highest BCUT2D eigenvalue weighted by molar-refractivity contribution is 5.92. The van der Waals surface area contributed by atoms with E-state index in [1.807, 2.05) is 24.3 Å². The summed E-state index contributed by atoms with van der Waals surface area (Å²) in [5, 5.41) is 7.36. The number of nitrogens with two attached hydrogens (primary N) is 1. The molecule has 1 aromatic carbocycles. The molecule has 1 fully saturated rings. The van der Waals surface area contributed by atoms with Crippen molar-refractivity contribution in [3.05, 3.63) is 30.5 Å². The van der Waals surface area contributed by atoms with Crippen LogP contribution in [-0.4, -0.2) is 23.5 Å². The van der Waals surface area contributed by atoms with Crippen LogP contribution in [0.3, 0.4) is 0 Å². The predicted octanol–water partition coefficient (Wildman–Crippen LogP) is 1.51. The molecule has 5 heteroatoms. The van der Waals surface area contributed by atoms with Crippen LogP contribution in [0.25, 0.3) is 10.9 Å². The van der Waals surface area contributed by atoms with Gasteiger partial charge in [-0.2, -0.15) is 0 Å². The minimum absolute atomic E-state index is 0.138. The maximum atomic E-state index is 11.2. The third-order valence-electron chi connectivity index (χ3n) is 3.39. The van der Waals surface area contributed by atoms with Crippen LogP contribution in [0.1, 0.15) is 12.8 Å². The first-order valence-corrected chi connectivity index (χ1v) is 6.40. The van der Waals surface area contributed by atoms with Gasteiger partial charge in [0.2, 0.25) is 5.91 Å². The highest BCUT2D eigenvalue weighted by Gasteiger charge is 2.20. The third-order valence-corrected chi connectivity index (χ3v) is 3.39. The molecule has 4 N–H and O–H groups in total. The number of amides is 1. The highest BCUT2D eigenvalue weighted by atomic mass is 16.1. The third kappa shape index (κ3) is 2.45. The van der Waals surface area contributed by atoms with E-state index in [2.05, 4.69) is 15.6 Å². The summed E-state index contributed by atoms with van der Waals surface area (Å²) >= 11 is 0. The van der Waals surface area contributed by atoms with E-state index in [4.69, 9.17) is 5.73 Å². The molecule has 1 aliphatic heterocycles. The molecule has 2 heterocycles. The molecule has 1 atom stereocenters. The number of carbonyl (C=O) groups is 1. The Bertz CT molecular complexity index is 626. The average molecular weight is 256 g/mol. The summed E-state index contributed by atoms with van der Waals surface area (Å²) in [6.45, 7) is 0.731. The predicted molar refractivity (Wildman–Crippen MR) is 75.8 cm³/mol. The Morgan fingerprint density at radius 3 is 3.11 bits per heavy atom. The molecule has 1 aliphatic rings. The second-order valence-corrected chi connectivity index (χ2v) is 4.82. The van der Waals surface area contributed by atoms with Gasteiger partial charge in [0.1, 0.15) is 0 Å². The van der Waals surface area contributed by atoms with E-state index in [-0.39, 0.29) is 11.9 Å². The molecule has 3 rings (SSSR count). The quantitative estimate of drug-likeness (QED) is 0.727. The number of benzene rings is 1. The van der Waals surface area contributed by atoms with Gasteiger partial charge in [-0.25, -0.2) is 0 Å². The molecule has 2 aromatic rings. The fourth-order valence-electron chi connectivity index (χ4n) is 2.38. The highest BCUT2D eigenvalue weighted by Crippen LogP contribution is 2.23. The van der Waals surface area contributed by atoms with Crippen molar-refractivity contribution in [1.29, 1.82) is 0 Å². The van der Waals surface area contributed by atoms with E-state index in [0.717, 1.165) is 29.6 Å². The lowest BCUT2D eigenvalue weighted by molar-refractivity contribution is -0.119. The number of nitrogens with one attached hydrogen (secondary N) is 2. The zero-order valence-corrected chi connectivity index (χ0v) is 10.5. The van der Waals surface area contributed by atoms with Gasteiger partial charge in [0.15, 0.2) is 0 Å². The fraction of sp³-hybridized carbons (Fsp3) is 0.286. The molecule has 1 amide bonds. The summed E-state index contributed by atoms with van der Waals surface area (Å²) in [5.74, 6) is 0.138. The topological polar surface area (TPSA) is 80.0 Å². The van der Waals surface area contributed by atoms with Crippen molar-refractivity contribution < 1.29 is 4.79 Å². The van der Waals surface area contributed by atoms with Crippen molar-refractivity contribution in [3.8, 4) is 0 Å². The molecule has 0 saturated carbocycles. The number of hydrogen-bond acceptors (Lipinski definition) is 4. The number of aromatic nitrogens is 1. The minimum Gasteiger partial charge on any atom is -0.399 e. The zero-order valence-electron chi connectivity index (χ0n) is 10.5. The van der Waals surface area contributed by atoms with Crippen LogP contribution < -0.4 is 16.4 Å². The smallest absolute Gasteiger partial charge is 0.220 e. The average Bonchev–Trinajstić information content (AvgIpc) is 2.81. The maximum Gasteiger partial charge on any atom is 0.220 e. The van der Waals surface area contributed by atoms with E-state index >= 15 is 0 Å². The van der Waals surface area contributed by atoms with Crippen molar-refractivity contribution >= 4 is 28.2 Å². The number of hydrogen-bond donors (Lipinski definition) is 3. The number of rotatable bonds is 3. The van der Waals surface area contributed by atoms with E-state index in [0.29, 0.717) is 12.1 Å². The maximum absolute atomic E-state index is 11.2. The van der Waals surface area contributed by atoms with Gasteiger partial charge >= 0.3 is 0 Å². The lowest BCUT2D eigenvalue weighted by atomic mass is 10.1. The van der Waals surface area contributed by atoms with Crippen molar-refractivity contribution in [3.63, 3.8) is 0 Å². The molecule has 98 valence electrons. The number of anilines is 2. The first-order chi connectivity index (χ1) is 9.22. The van der Waals surface area contributed by atoms with Crippen molar-refractivity contribution in [2.24, 2.45) is 0 Å². The van der Waals surface area contributed by atoms with Gasteiger partial charge in [0, 0.05) is 42.0 Å². The van der Waals surface area contributed by atoms with Gasteiger partial charge in [0.05, 0.1) is 5.52 Å². The Morgan fingerprint density at radius 1 is 1.42 bits per heavy atom. The second kappa shape index (κ2) is 4.76. The molecule has 0 spiro atoms. The van der Waals surface area contributed by atoms with E-state index in [9.17, 15) is 4.79 Å². The van der Waals surface area contributed by atoms with Crippen LogP contribution in [0.4, 0.5) is 11.4 Å². The summed E-state index contributed by atoms with van der Waals surface area (Å²) in [5.41, 5.74) is 8.36. The van der Waals surface area contributed by atoms with Crippen LogP contribution >= 0.6 is 0 Å². The monoisotopic (exact) mass is 256 g/mol. The summed E-state index contributed by atoms with van der Waals surface area (Å²) in [4.78, 5) is 15.5. The largest absolute Gasteiger partial charge is 0.399 e. The fourth-order valence-corrected chi connectivity index (χ4v) is 2.38. The first-order valence-electron chi connectivity index (χ1n) is 6.40. The molecule has 19 heavy (non-hydrogen) atoms. The van der Waals surface area contributed by atoms with Gasteiger partial charge < -0.3 is 16.4 Å². The Kier molecular flexibility index (Phi) is 2.95. The minimum atomic E-state index is 0.138. The van der Waals surface area contributed by atoms with Crippen molar-refractivity contribution in [2.45, 2.75) is 18.9 Å². The SMILES string of the molecule is Nc1ccc2c(NCC3CCC(=O)N3)ccnc2c1. The Balaban J connectivity index is 1.79. The number of fused-ring (bicyclic) bond motifs is 1. The zero-order chi connectivity index (χ0) is 13.2. The number of nitrogen functional groups attached to an aromatic ring is 1. The molecule has 0 bridgehead atoms. The van der Waals surface area contributed by atoms with E-state index in [1.165, 1.54) is 0 Å². The summed E-state index contributed by atoms with van der Waals surface area (Å²) < 4.78 is 0. The van der Waals surface area contributed by atoms with Gasteiger partial charge in [-0.3, -0.25) is 9.78 Å². The molecule has 0 radical (unpaired) electrons. The van der Waals surface area contributed by atoms with E-state index in [1.54, 1.807) is 6.20 Å². The first kappa shape index (κ1) is 11.8. The van der Waals surface area contributed by atoms with Gasteiger partial charge in [0.25, 0.3) is 0 Å². The molecular weight excluding hydrogens is 240 g/mol. The van der Waals surface area contributed by atoms with Crippen LogP contribution in [0.5, 0.6) is 0 Å². The summed E-state index contributed by atoms with van der Waals surface area (Å²) in [6.07, 6.45) is 3.28. The van der Waals surface area contributed by atoms with Crippen LogP contribution in [0.2, 0.25) is 0 Å². The van der Waals surface area contributed by atoms with Crippen LogP contribution in [-0.2, 0) is 4.79 Å². The molecule has 5 nitrogen and oxygen atoms in total. The lowest BCUT2D eigenvalue weighted by Gasteiger charge is -2.14. The number of nitrogens with zero attached hydrogens (tertiary/aromatic N) is 1. The molecule has 1 aromatic heterocycles. The van der Waals surface area contributed by atoms with Gasteiger partial charge in [-0.15, -0.1) is 0 Å². The van der Waals surface area contributed by atoms with Crippen molar-refractivity contribution in [2.75, 3.05) is 17.6 Å². The van der Waals surface area contributed by atoms with Gasteiger partial charge in [-0.1, -0.05) is 0 Å². The van der Waals surface area contributed by atoms with Crippen LogP contribution in [0.15, 0.2) is 30.5 Å². The Hall–Kier alpha value is -2.30. The molecular formula is C14H16N4O. The molecule has 1 saturated heterocycles. The summed E-state index contributed by atoms with van der Waals surface area (Å²) in [6, 6.07) is 7.84. The summed E-state index contributed by atoms with van der Waals surface area (Å²) in [7, 11) is 0. The van der Waals surface area contributed by atoms with Crippen molar-refractivity contribution in [1.82, 2.24) is 10.3 Å².